The van der Waals surface area contributed by atoms with Gasteiger partial charge < -0.3 is 14.4 Å². The first-order chi connectivity index (χ1) is 10.4. The van der Waals surface area contributed by atoms with Gasteiger partial charge in [0, 0.05) is 24.9 Å². The number of methoxy groups -OCH3 is 1. The highest BCUT2D eigenvalue weighted by Gasteiger charge is 2.33. The van der Waals surface area contributed by atoms with Crippen molar-refractivity contribution >= 4 is 11.7 Å². The van der Waals surface area contributed by atoms with Crippen molar-refractivity contribution in [2.75, 3.05) is 26.9 Å². The van der Waals surface area contributed by atoms with Crippen molar-refractivity contribution in [3.8, 4) is 5.75 Å². The number of carbonyl (C=O) groups is 2. The van der Waals surface area contributed by atoms with E-state index in [2.05, 4.69) is 0 Å². The van der Waals surface area contributed by atoms with Gasteiger partial charge in [-0.15, -0.1) is 0 Å². The highest BCUT2D eigenvalue weighted by molar-refractivity contribution is 5.98. The Morgan fingerprint density at radius 2 is 2.09 bits per heavy atom. The molecule has 1 amide bonds. The number of benzene rings is 1. The summed E-state index contributed by atoms with van der Waals surface area (Å²) in [6.07, 6.45) is 0.429. The summed E-state index contributed by atoms with van der Waals surface area (Å²) in [5.41, 5.74) is 0.266. The number of nitrogens with zero attached hydrogens (tertiary/aromatic N) is 1. The lowest BCUT2D eigenvalue weighted by molar-refractivity contribution is -0.146. The SMILES string of the molecule is COc1cccc(C(=O)CCC(=O)N2CCOCC2(C)C)c1. The molecule has 0 unspecified atom stereocenters. The first kappa shape index (κ1) is 16.5. The van der Waals surface area contributed by atoms with Crippen LogP contribution in [0.5, 0.6) is 5.75 Å². The molecule has 0 saturated carbocycles. The number of rotatable bonds is 5. The quantitative estimate of drug-likeness (QED) is 0.783. The highest BCUT2D eigenvalue weighted by atomic mass is 16.5. The number of amides is 1. The summed E-state index contributed by atoms with van der Waals surface area (Å²) < 4.78 is 10.5. The van der Waals surface area contributed by atoms with Gasteiger partial charge in [0.2, 0.25) is 5.91 Å². The molecule has 1 fully saturated rings. The van der Waals surface area contributed by atoms with E-state index in [-0.39, 0.29) is 30.1 Å². The molecular weight excluding hydrogens is 282 g/mol. The van der Waals surface area contributed by atoms with E-state index in [1.165, 1.54) is 0 Å². The van der Waals surface area contributed by atoms with Crippen LogP contribution in [-0.2, 0) is 9.53 Å². The number of hydrogen-bond acceptors (Lipinski definition) is 4. The molecular formula is C17H23NO4. The topological polar surface area (TPSA) is 55.8 Å². The summed E-state index contributed by atoms with van der Waals surface area (Å²) in [5.74, 6) is 0.606. The summed E-state index contributed by atoms with van der Waals surface area (Å²) in [6.45, 7) is 5.63. The predicted molar refractivity (Wildman–Crippen MR) is 83.2 cm³/mol. The van der Waals surface area contributed by atoms with Crippen LogP contribution in [-0.4, -0.2) is 49.0 Å². The van der Waals surface area contributed by atoms with E-state index in [9.17, 15) is 9.59 Å². The summed E-state index contributed by atoms with van der Waals surface area (Å²) in [6, 6.07) is 7.01. The first-order valence-electron chi connectivity index (χ1n) is 7.49. The standard InChI is InChI=1S/C17H23NO4/c1-17(2)12-22-10-9-18(17)16(20)8-7-15(19)13-5-4-6-14(11-13)21-3/h4-6,11H,7-10,12H2,1-3H3. The minimum Gasteiger partial charge on any atom is -0.497 e. The van der Waals surface area contributed by atoms with Crippen molar-refractivity contribution in [2.24, 2.45) is 0 Å². The van der Waals surface area contributed by atoms with E-state index in [1.54, 1.807) is 31.4 Å². The molecule has 0 radical (unpaired) electrons. The van der Waals surface area contributed by atoms with Crippen LogP contribution in [0.3, 0.4) is 0 Å². The number of ether oxygens (including phenoxy) is 2. The summed E-state index contributed by atoms with van der Waals surface area (Å²) in [4.78, 5) is 26.4. The van der Waals surface area contributed by atoms with Gasteiger partial charge in [-0.25, -0.2) is 0 Å². The average molecular weight is 305 g/mol. The van der Waals surface area contributed by atoms with Gasteiger partial charge in [0.1, 0.15) is 5.75 Å². The largest absolute Gasteiger partial charge is 0.497 e. The van der Waals surface area contributed by atoms with Crippen molar-refractivity contribution in [3.63, 3.8) is 0 Å². The van der Waals surface area contributed by atoms with Crippen molar-refractivity contribution in [2.45, 2.75) is 32.2 Å². The minimum absolute atomic E-state index is 0.00421. The van der Waals surface area contributed by atoms with Crippen molar-refractivity contribution in [1.29, 1.82) is 0 Å². The molecule has 0 aliphatic carbocycles. The number of carbonyl (C=O) groups excluding carboxylic acids is 2. The Balaban J connectivity index is 1.94. The van der Waals surface area contributed by atoms with E-state index >= 15 is 0 Å². The fourth-order valence-corrected chi connectivity index (χ4v) is 2.62. The van der Waals surface area contributed by atoms with Crippen LogP contribution in [0, 0.1) is 0 Å². The molecule has 0 aromatic heterocycles. The third-order valence-electron chi connectivity index (χ3n) is 3.90. The maximum atomic E-state index is 12.4. The van der Waals surface area contributed by atoms with Crippen LogP contribution in [0.25, 0.3) is 0 Å². The van der Waals surface area contributed by atoms with Gasteiger partial charge in [-0.1, -0.05) is 12.1 Å². The Morgan fingerprint density at radius 3 is 2.77 bits per heavy atom. The van der Waals surface area contributed by atoms with Crippen molar-refractivity contribution < 1.29 is 19.1 Å². The van der Waals surface area contributed by atoms with E-state index < -0.39 is 0 Å². The normalized spacial score (nSPS) is 17.1. The number of hydrogen-bond donors (Lipinski definition) is 0. The number of Topliss-reactive ketones (excluding diaryl/α,β-unsaturated/α-hetero) is 1. The fourth-order valence-electron chi connectivity index (χ4n) is 2.62. The van der Waals surface area contributed by atoms with E-state index in [1.807, 2.05) is 18.7 Å². The maximum absolute atomic E-state index is 12.4. The predicted octanol–water partition coefficient (Wildman–Crippen LogP) is 2.30. The number of morpholine rings is 1. The van der Waals surface area contributed by atoms with Crippen LogP contribution in [0.4, 0.5) is 0 Å². The number of ketones is 1. The van der Waals surface area contributed by atoms with Crippen LogP contribution < -0.4 is 4.74 Å². The maximum Gasteiger partial charge on any atom is 0.223 e. The molecule has 1 heterocycles. The zero-order valence-corrected chi connectivity index (χ0v) is 13.4. The molecule has 22 heavy (non-hydrogen) atoms. The third-order valence-corrected chi connectivity index (χ3v) is 3.90. The second kappa shape index (κ2) is 6.92. The molecule has 1 aliphatic heterocycles. The summed E-state index contributed by atoms with van der Waals surface area (Å²) in [7, 11) is 1.56. The summed E-state index contributed by atoms with van der Waals surface area (Å²) in [5, 5.41) is 0. The van der Waals surface area contributed by atoms with Gasteiger partial charge >= 0.3 is 0 Å². The molecule has 5 heteroatoms. The monoisotopic (exact) mass is 305 g/mol. The lowest BCUT2D eigenvalue weighted by atomic mass is 10.0. The Kier molecular flexibility index (Phi) is 5.19. The van der Waals surface area contributed by atoms with E-state index in [0.29, 0.717) is 31.1 Å². The zero-order valence-electron chi connectivity index (χ0n) is 13.4. The molecule has 1 aromatic carbocycles. The van der Waals surface area contributed by atoms with Crippen LogP contribution >= 0.6 is 0 Å². The zero-order chi connectivity index (χ0) is 16.2. The fraction of sp³-hybridized carbons (Fsp3) is 0.529. The van der Waals surface area contributed by atoms with Crippen LogP contribution in [0.15, 0.2) is 24.3 Å². The Bertz CT molecular complexity index is 553. The third kappa shape index (κ3) is 3.85. The Hall–Kier alpha value is -1.88. The van der Waals surface area contributed by atoms with Gasteiger partial charge in [0.15, 0.2) is 5.78 Å². The van der Waals surface area contributed by atoms with Gasteiger partial charge in [-0.05, 0) is 26.0 Å². The molecule has 0 atom stereocenters. The smallest absolute Gasteiger partial charge is 0.223 e. The molecule has 120 valence electrons. The van der Waals surface area contributed by atoms with E-state index in [0.717, 1.165) is 0 Å². The molecule has 0 bridgehead atoms. The average Bonchev–Trinajstić information content (AvgIpc) is 2.52. The molecule has 5 nitrogen and oxygen atoms in total. The molecule has 1 aliphatic rings. The minimum atomic E-state index is -0.311. The molecule has 0 N–H and O–H groups in total. The van der Waals surface area contributed by atoms with Gasteiger partial charge in [0.05, 0.1) is 25.9 Å². The molecule has 1 saturated heterocycles. The lowest BCUT2D eigenvalue weighted by Crippen LogP contribution is -2.55. The first-order valence-corrected chi connectivity index (χ1v) is 7.49. The van der Waals surface area contributed by atoms with Crippen molar-refractivity contribution in [1.82, 2.24) is 4.90 Å². The van der Waals surface area contributed by atoms with Gasteiger partial charge in [0.25, 0.3) is 0 Å². The molecule has 1 aromatic rings. The van der Waals surface area contributed by atoms with Crippen molar-refractivity contribution in [3.05, 3.63) is 29.8 Å². The Morgan fingerprint density at radius 1 is 1.32 bits per heavy atom. The second-order valence-electron chi connectivity index (χ2n) is 6.07. The van der Waals surface area contributed by atoms with Gasteiger partial charge in [-0.3, -0.25) is 9.59 Å². The summed E-state index contributed by atoms with van der Waals surface area (Å²) >= 11 is 0. The van der Waals surface area contributed by atoms with Crippen LogP contribution in [0.1, 0.15) is 37.0 Å². The van der Waals surface area contributed by atoms with Crippen LogP contribution in [0.2, 0.25) is 0 Å². The molecule has 2 rings (SSSR count). The molecule has 0 spiro atoms. The van der Waals surface area contributed by atoms with Gasteiger partial charge in [-0.2, -0.15) is 0 Å². The highest BCUT2D eigenvalue weighted by Crippen LogP contribution is 2.21. The lowest BCUT2D eigenvalue weighted by Gasteiger charge is -2.42. The van der Waals surface area contributed by atoms with E-state index in [4.69, 9.17) is 9.47 Å². The second-order valence-corrected chi connectivity index (χ2v) is 6.07. The Labute approximate surface area is 131 Å².